The van der Waals surface area contributed by atoms with Crippen molar-refractivity contribution < 1.29 is 9.90 Å². The molecule has 17 heavy (non-hydrogen) atoms. The third-order valence-electron chi connectivity index (χ3n) is 2.29. The molecular weight excluding hydrogens is 240 g/mol. The maximum absolute atomic E-state index is 11.6. The van der Waals surface area contributed by atoms with Gasteiger partial charge in [-0.1, -0.05) is 11.3 Å². The Morgan fingerprint density at radius 3 is 3.00 bits per heavy atom. The van der Waals surface area contributed by atoms with Gasteiger partial charge in [0.1, 0.15) is 0 Å². The maximum Gasteiger partial charge on any atom is 0.307 e. The van der Waals surface area contributed by atoms with Crippen LogP contribution in [0.4, 0.5) is 0 Å². The molecule has 0 aromatic carbocycles. The van der Waals surface area contributed by atoms with E-state index in [1.807, 2.05) is 6.07 Å². The molecule has 2 heterocycles. The minimum atomic E-state index is -0.916. The van der Waals surface area contributed by atoms with E-state index in [4.69, 9.17) is 5.11 Å². The molecule has 2 rings (SSSR count). The van der Waals surface area contributed by atoms with Crippen LogP contribution < -0.4 is 4.87 Å². The van der Waals surface area contributed by atoms with Crippen LogP contribution in [0, 0.1) is 0 Å². The van der Waals surface area contributed by atoms with Gasteiger partial charge in [0, 0.05) is 29.9 Å². The predicted octanol–water partition coefficient (Wildman–Crippen LogP) is 1.45. The Balaban J connectivity index is 2.36. The molecule has 0 spiro atoms. The quantitative estimate of drug-likeness (QED) is 0.891. The maximum atomic E-state index is 11.6. The second kappa shape index (κ2) is 4.92. The summed E-state index contributed by atoms with van der Waals surface area (Å²) >= 11 is 1.06. The zero-order chi connectivity index (χ0) is 12.3. The Kier molecular flexibility index (Phi) is 3.34. The highest BCUT2D eigenvalue weighted by Crippen LogP contribution is 2.18. The number of carbonyl (C=O) groups is 1. The molecule has 0 radical (unpaired) electrons. The van der Waals surface area contributed by atoms with Crippen LogP contribution in [-0.2, 0) is 11.3 Å². The van der Waals surface area contributed by atoms with Crippen LogP contribution >= 0.6 is 11.3 Å². The summed E-state index contributed by atoms with van der Waals surface area (Å²) in [4.78, 5) is 26.0. The number of aliphatic carboxylic acids is 1. The SMILES string of the molecule is O=C(O)CCn1c(-c2cccnc2)csc1=O. The van der Waals surface area contributed by atoms with Crippen LogP contribution in [0.5, 0.6) is 0 Å². The number of hydrogen-bond donors (Lipinski definition) is 1. The Bertz CT molecular complexity index is 574. The van der Waals surface area contributed by atoms with Gasteiger partial charge in [0.2, 0.25) is 0 Å². The van der Waals surface area contributed by atoms with Gasteiger partial charge in [-0.2, -0.15) is 0 Å². The minimum Gasteiger partial charge on any atom is -0.481 e. The van der Waals surface area contributed by atoms with E-state index in [-0.39, 0.29) is 17.8 Å². The summed E-state index contributed by atoms with van der Waals surface area (Å²) in [6.45, 7) is 0.182. The number of hydrogen-bond acceptors (Lipinski definition) is 4. The van der Waals surface area contributed by atoms with E-state index in [1.165, 1.54) is 4.57 Å². The van der Waals surface area contributed by atoms with E-state index in [9.17, 15) is 9.59 Å². The molecule has 0 saturated carbocycles. The molecule has 1 N–H and O–H groups in total. The summed E-state index contributed by atoms with van der Waals surface area (Å²) in [6, 6.07) is 3.62. The molecule has 0 aliphatic heterocycles. The lowest BCUT2D eigenvalue weighted by Gasteiger charge is -2.05. The predicted molar refractivity (Wildman–Crippen MR) is 64.1 cm³/mol. The van der Waals surface area contributed by atoms with Gasteiger partial charge in [-0.15, -0.1) is 0 Å². The molecule has 0 unspecified atom stereocenters. The van der Waals surface area contributed by atoms with Crippen molar-refractivity contribution in [2.45, 2.75) is 13.0 Å². The van der Waals surface area contributed by atoms with Crippen molar-refractivity contribution in [3.8, 4) is 11.3 Å². The first kappa shape index (κ1) is 11.5. The number of aromatic nitrogens is 2. The van der Waals surface area contributed by atoms with Gasteiger partial charge in [-0.05, 0) is 12.1 Å². The average molecular weight is 250 g/mol. The van der Waals surface area contributed by atoms with Gasteiger partial charge in [0.15, 0.2) is 0 Å². The fraction of sp³-hybridized carbons (Fsp3) is 0.182. The lowest BCUT2D eigenvalue weighted by atomic mass is 10.2. The van der Waals surface area contributed by atoms with Crippen LogP contribution in [0.25, 0.3) is 11.3 Å². The van der Waals surface area contributed by atoms with E-state index in [2.05, 4.69) is 4.98 Å². The van der Waals surface area contributed by atoms with Crippen LogP contribution in [0.3, 0.4) is 0 Å². The fourth-order valence-corrected chi connectivity index (χ4v) is 2.28. The van der Waals surface area contributed by atoms with Crippen LogP contribution in [-0.4, -0.2) is 20.6 Å². The third-order valence-corrected chi connectivity index (χ3v) is 3.05. The molecule has 6 heteroatoms. The summed E-state index contributed by atoms with van der Waals surface area (Å²) in [6.07, 6.45) is 3.23. The first-order chi connectivity index (χ1) is 8.18. The van der Waals surface area contributed by atoms with Crippen LogP contribution in [0.2, 0.25) is 0 Å². The van der Waals surface area contributed by atoms with Gasteiger partial charge in [-0.3, -0.25) is 19.1 Å². The molecule has 0 bridgehead atoms. The molecule has 88 valence electrons. The van der Waals surface area contributed by atoms with Gasteiger partial charge in [0.05, 0.1) is 12.1 Å². The van der Waals surface area contributed by atoms with Crippen molar-refractivity contribution in [1.29, 1.82) is 0 Å². The van der Waals surface area contributed by atoms with Crippen LogP contribution in [0.15, 0.2) is 34.7 Å². The lowest BCUT2D eigenvalue weighted by molar-refractivity contribution is -0.137. The largest absolute Gasteiger partial charge is 0.481 e. The van der Waals surface area contributed by atoms with E-state index in [1.54, 1.807) is 23.8 Å². The molecule has 0 fully saturated rings. The summed E-state index contributed by atoms with van der Waals surface area (Å²) in [5, 5.41) is 10.4. The van der Waals surface area contributed by atoms with Gasteiger partial charge in [-0.25, -0.2) is 0 Å². The first-order valence-corrected chi connectivity index (χ1v) is 5.87. The van der Waals surface area contributed by atoms with E-state index >= 15 is 0 Å². The van der Waals surface area contributed by atoms with E-state index < -0.39 is 5.97 Å². The van der Waals surface area contributed by atoms with Gasteiger partial charge in [0.25, 0.3) is 0 Å². The number of carboxylic acids is 1. The van der Waals surface area contributed by atoms with Crippen molar-refractivity contribution in [3.63, 3.8) is 0 Å². The topological polar surface area (TPSA) is 72.2 Å². The highest BCUT2D eigenvalue weighted by molar-refractivity contribution is 7.07. The average Bonchev–Trinajstić information content (AvgIpc) is 2.69. The lowest BCUT2D eigenvalue weighted by Crippen LogP contribution is -2.16. The molecule has 2 aromatic rings. The Morgan fingerprint density at radius 2 is 2.35 bits per heavy atom. The highest BCUT2D eigenvalue weighted by atomic mass is 32.1. The molecule has 0 aliphatic carbocycles. The zero-order valence-electron chi connectivity index (χ0n) is 8.87. The van der Waals surface area contributed by atoms with E-state index in [0.717, 1.165) is 16.9 Å². The summed E-state index contributed by atoms with van der Waals surface area (Å²) in [7, 11) is 0. The third kappa shape index (κ3) is 2.59. The number of carboxylic acid groups (broad SMARTS) is 1. The van der Waals surface area contributed by atoms with Crippen molar-refractivity contribution >= 4 is 17.3 Å². The second-order valence-corrected chi connectivity index (χ2v) is 4.24. The van der Waals surface area contributed by atoms with Crippen molar-refractivity contribution in [1.82, 2.24) is 9.55 Å². The summed E-state index contributed by atoms with van der Waals surface area (Å²) < 4.78 is 1.47. The number of thiazole rings is 1. The molecule has 0 atom stereocenters. The van der Waals surface area contributed by atoms with Crippen molar-refractivity contribution in [3.05, 3.63) is 39.6 Å². The van der Waals surface area contributed by atoms with Crippen molar-refractivity contribution in [2.75, 3.05) is 0 Å². The molecule has 0 aliphatic rings. The molecule has 0 amide bonds. The summed E-state index contributed by atoms with van der Waals surface area (Å²) in [5.74, 6) is -0.916. The number of pyridine rings is 1. The van der Waals surface area contributed by atoms with Crippen LogP contribution in [0.1, 0.15) is 6.42 Å². The monoisotopic (exact) mass is 250 g/mol. The Hall–Kier alpha value is -1.95. The van der Waals surface area contributed by atoms with Gasteiger partial charge < -0.3 is 5.11 Å². The first-order valence-electron chi connectivity index (χ1n) is 4.99. The normalized spacial score (nSPS) is 10.4. The highest BCUT2D eigenvalue weighted by Gasteiger charge is 2.10. The standard InChI is InChI=1S/C11H10N2O3S/c14-10(15)3-5-13-9(7-17-11(13)16)8-2-1-4-12-6-8/h1-2,4,6-7H,3,5H2,(H,14,15). The molecule has 0 saturated heterocycles. The summed E-state index contributed by atoms with van der Waals surface area (Å²) in [5.41, 5.74) is 1.53. The number of rotatable bonds is 4. The minimum absolute atomic E-state index is 0.0656. The Labute approximate surface area is 101 Å². The zero-order valence-corrected chi connectivity index (χ0v) is 9.68. The smallest absolute Gasteiger partial charge is 0.307 e. The Morgan fingerprint density at radius 1 is 1.53 bits per heavy atom. The molecule has 2 aromatic heterocycles. The van der Waals surface area contributed by atoms with Gasteiger partial charge >= 0.3 is 10.8 Å². The fourth-order valence-electron chi connectivity index (χ4n) is 1.49. The molecular formula is C11H10N2O3S. The molecule has 5 nitrogen and oxygen atoms in total. The number of nitrogens with zero attached hydrogens (tertiary/aromatic N) is 2. The van der Waals surface area contributed by atoms with Crippen molar-refractivity contribution in [2.24, 2.45) is 0 Å². The van der Waals surface area contributed by atoms with E-state index in [0.29, 0.717) is 5.69 Å². The second-order valence-electron chi connectivity index (χ2n) is 3.42.